The fourth-order valence-electron chi connectivity index (χ4n) is 2.33. The molecule has 8 heteroatoms. The maximum Gasteiger partial charge on any atom is 0.410 e. The van der Waals surface area contributed by atoms with E-state index in [1.54, 1.807) is 36.4 Å². The van der Waals surface area contributed by atoms with Crippen molar-refractivity contribution < 1.29 is 19.1 Å². The largest absolute Gasteiger partial charge is 0.465 e. The van der Waals surface area contributed by atoms with E-state index in [0.29, 0.717) is 11.4 Å². The van der Waals surface area contributed by atoms with Crippen LogP contribution in [0.5, 0.6) is 0 Å². The minimum Gasteiger partial charge on any atom is -0.465 e. The molecule has 7 nitrogen and oxygen atoms in total. The highest BCUT2D eigenvalue weighted by atomic mass is 19.1. The van der Waals surface area contributed by atoms with Crippen LogP contribution >= 0.6 is 0 Å². The molecule has 0 spiro atoms. The normalized spacial score (nSPS) is 10.1. The van der Waals surface area contributed by atoms with Gasteiger partial charge in [-0.15, -0.1) is 0 Å². The molecule has 4 N–H and O–H groups in total. The summed E-state index contributed by atoms with van der Waals surface area (Å²) in [5, 5.41) is 16.5. The molecular formula is C19H15FN4O3. The first-order chi connectivity index (χ1) is 13.0. The summed E-state index contributed by atoms with van der Waals surface area (Å²) in [6.45, 7) is 0. The number of amides is 2. The first-order valence-corrected chi connectivity index (χ1v) is 7.91. The number of nitrogens with zero attached hydrogens (tertiary/aromatic N) is 1. The summed E-state index contributed by atoms with van der Waals surface area (Å²) in [7, 11) is 0. The van der Waals surface area contributed by atoms with E-state index in [4.69, 9.17) is 5.11 Å². The van der Waals surface area contributed by atoms with Crippen molar-refractivity contribution in [1.82, 2.24) is 4.98 Å². The Hall–Kier alpha value is -3.94. The van der Waals surface area contributed by atoms with Crippen LogP contribution in [-0.4, -0.2) is 22.1 Å². The van der Waals surface area contributed by atoms with Crippen LogP contribution in [0.25, 0.3) is 0 Å². The van der Waals surface area contributed by atoms with Crippen LogP contribution in [0.3, 0.4) is 0 Å². The van der Waals surface area contributed by atoms with Crippen LogP contribution in [0.15, 0.2) is 66.7 Å². The standard InChI is InChI=1S/C19H15FN4O3/c20-14-8-4-5-9-15(14)21-13-10-16(23-17(11-13)24-19(26)27)18(25)22-12-6-2-1-3-7-12/h1-11H,(H,22,25)(H,26,27)(H2,21,23,24). The number of benzene rings is 2. The predicted molar refractivity (Wildman–Crippen MR) is 100.0 cm³/mol. The lowest BCUT2D eigenvalue weighted by molar-refractivity contribution is 0.102. The zero-order valence-electron chi connectivity index (χ0n) is 13.9. The van der Waals surface area contributed by atoms with E-state index in [2.05, 4.69) is 20.9 Å². The van der Waals surface area contributed by atoms with Crippen LogP contribution in [0.4, 0.5) is 32.1 Å². The Morgan fingerprint density at radius 1 is 0.889 bits per heavy atom. The highest BCUT2D eigenvalue weighted by molar-refractivity contribution is 6.04. The van der Waals surface area contributed by atoms with Gasteiger partial charge in [-0.2, -0.15) is 0 Å². The van der Waals surface area contributed by atoms with Crippen molar-refractivity contribution in [3.63, 3.8) is 0 Å². The predicted octanol–water partition coefficient (Wildman–Crippen LogP) is 4.31. The van der Waals surface area contributed by atoms with Crippen molar-refractivity contribution >= 4 is 34.9 Å². The number of hydrogen-bond donors (Lipinski definition) is 4. The van der Waals surface area contributed by atoms with Gasteiger partial charge in [-0.1, -0.05) is 30.3 Å². The van der Waals surface area contributed by atoms with Gasteiger partial charge in [0.15, 0.2) is 0 Å². The number of nitrogens with one attached hydrogen (secondary N) is 3. The number of rotatable bonds is 5. The Bertz CT molecular complexity index is 980. The minimum absolute atomic E-state index is 0.0380. The molecule has 3 aromatic rings. The van der Waals surface area contributed by atoms with Crippen LogP contribution in [0.1, 0.15) is 10.5 Å². The molecule has 0 aliphatic heterocycles. The molecule has 1 aromatic heterocycles. The number of carboxylic acid groups (broad SMARTS) is 1. The molecule has 1 heterocycles. The van der Waals surface area contributed by atoms with Crippen molar-refractivity contribution in [2.24, 2.45) is 0 Å². The van der Waals surface area contributed by atoms with Gasteiger partial charge in [0, 0.05) is 17.4 Å². The van der Waals surface area contributed by atoms with E-state index in [1.807, 2.05) is 6.07 Å². The second-order valence-electron chi connectivity index (χ2n) is 5.48. The third-order valence-corrected chi connectivity index (χ3v) is 3.48. The van der Waals surface area contributed by atoms with Crippen LogP contribution in [0.2, 0.25) is 0 Å². The molecule has 0 unspecified atom stereocenters. The molecule has 3 rings (SSSR count). The number of pyridine rings is 1. The Labute approximate surface area is 153 Å². The van der Waals surface area contributed by atoms with Gasteiger partial charge >= 0.3 is 6.09 Å². The minimum atomic E-state index is -1.33. The first kappa shape index (κ1) is 17.9. The summed E-state index contributed by atoms with van der Waals surface area (Å²) in [5.41, 5.74) is 1.00. The fourth-order valence-corrected chi connectivity index (χ4v) is 2.33. The number of halogens is 1. The first-order valence-electron chi connectivity index (χ1n) is 7.91. The molecule has 0 bridgehead atoms. The molecule has 2 aromatic carbocycles. The molecule has 0 aliphatic carbocycles. The molecule has 0 radical (unpaired) electrons. The Balaban J connectivity index is 1.91. The second kappa shape index (κ2) is 7.96. The molecular weight excluding hydrogens is 351 g/mol. The third kappa shape index (κ3) is 4.79. The summed E-state index contributed by atoms with van der Waals surface area (Å²) >= 11 is 0. The summed E-state index contributed by atoms with van der Waals surface area (Å²) in [6.07, 6.45) is -1.33. The maximum absolute atomic E-state index is 13.9. The van der Waals surface area contributed by atoms with Crippen LogP contribution in [-0.2, 0) is 0 Å². The lowest BCUT2D eigenvalue weighted by atomic mass is 10.2. The van der Waals surface area contributed by atoms with Gasteiger partial charge < -0.3 is 15.7 Å². The maximum atomic E-state index is 13.9. The molecule has 0 aliphatic rings. The number of carbonyl (C=O) groups is 2. The second-order valence-corrected chi connectivity index (χ2v) is 5.48. The van der Waals surface area contributed by atoms with Crippen molar-refractivity contribution in [3.8, 4) is 0 Å². The molecule has 0 fully saturated rings. The summed E-state index contributed by atoms with van der Waals surface area (Å²) in [4.78, 5) is 27.4. The molecule has 136 valence electrons. The van der Waals surface area contributed by atoms with Crippen LogP contribution < -0.4 is 16.0 Å². The topological polar surface area (TPSA) is 103 Å². The third-order valence-electron chi connectivity index (χ3n) is 3.48. The van der Waals surface area contributed by atoms with Gasteiger partial charge in [0.1, 0.15) is 17.3 Å². The highest BCUT2D eigenvalue weighted by Crippen LogP contribution is 2.23. The summed E-state index contributed by atoms with van der Waals surface area (Å²) in [6, 6.07) is 17.5. The monoisotopic (exact) mass is 366 g/mol. The number of aromatic nitrogens is 1. The lowest BCUT2D eigenvalue weighted by Crippen LogP contribution is -2.16. The van der Waals surface area contributed by atoms with Crippen molar-refractivity contribution in [3.05, 3.63) is 78.2 Å². The van der Waals surface area contributed by atoms with Crippen LogP contribution in [0, 0.1) is 5.82 Å². The van der Waals surface area contributed by atoms with Crippen molar-refractivity contribution in [2.75, 3.05) is 16.0 Å². The Kier molecular flexibility index (Phi) is 5.27. The Morgan fingerprint density at radius 2 is 1.59 bits per heavy atom. The molecule has 2 amide bonds. The van der Waals surface area contributed by atoms with Gasteiger partial charge in [0.25, 0.3) is 5.91 Å². The van der Waals surface area contributed by atoms with Gasteiger partial charge in [0.2, 0.25) is 0 Å². The quantitative estimate of drug-likeness (QED) is 0.539. The average molecular weight is 366 g/mol. The van der Waals surface area contributed by atoms with Gasteiger partial charge in [-0.05, 0) is 30.3 Å². The summed E-state index contributed by atoms with van der Waals surface area (Å²) < 4.78 is 13.9. The number of hydrogen-bond acceptors (Lipinski definition) is 4. The van der Waals surface area contributed by atoms with E-state index in [-0.39, 0.29) is 17.2 Å². The van der Waals surface area contributed by atoms with E-state index in [1.165, 1.54) is 24.3 Å². The van der Waals surface area contributed by atoms with Gasteiger partial charge in [0.05, 0.1) is 5.69 Å². The van der Waals surface area contributed by atoms with Gasteiger partial charge in [-0.25, -0.2) is 14.2 Å². The fraction of sp³-hybridized carbons (Fsp3) is 0. The average Bonchev–Trinajstić information content (AvgIpc) is 2.64. The van der Waals surface area contributed by atoms with E-state index < -0.39 is 17.8 Å². The van der Waals surface area contributed by atoms with Gasteiger partial charge in [-0.3, -0.25) is 10.1 Å². The summed E-state index contributed by atoms with van der Waals surface area (Å²) in [5.74, 6) is -1.09. The molecule has 27 heavy (non-hydrogen) atoms. The molecule has 0 atom stereocenters. The smallest absolute Gasteiger partial charge is 0.410 e. The van der Waals surface area contributed by atoms with E-state index in [0.717, 1.165) is 0 Å². The van der Waals surface area contributed by atoms with E-state index >= 15 is 0 Å². The Morgan fingerprint density at radius 3 is 2.30 bits per heavy atom. The lowest BCUT2D eigenvalue weighted by Gasteiger charge is -2.12. The molecule has 0 saturated heterocycles. The zero-order chi connectivity index (χ0) is 19.2. The number of para-hydroxylation sites is 2. The highest BCUT2D eigenvalue weighted by Gasteiger charge is 2.13. The zero-order valence-corrected chi connectivity index (χ0v) is 13.9. The van der Waals surface area contributed by atoms with Crippen molar-refractivity contribution in [1.29, 1.82) is 0 Å². The molecule has 0 saturated carbocycles. The number of anilines is 4. The SMILES string of the molecule is O=C(O)Nc1cc(Nc2ccccc2F)cc(C(=O)Nc2ccccc2)n1. The number of carbonyl (C=O) groups excluding carboxylic acids is 1. The van der Waals surface area contributed by atoms with Crippen molar-refractivity contribution in [2.45, 2.75) is 0 Å². The van der Waals surface area contributed by atoms with E-state index in [9.17, 15) is 14.0 Å².